The van der Waals surface area contributed by atoms with E-state index in [1.54, 1.807) is 24.4 Å². The van der Waals surface area contributed by atoms with Crippen LogP contribution >= 0.6 is 0 Å². The molecule has 0 saturated carbocycles. The van der Waals surface area contributed by atoms with Crippen molar-refractivity contribution in [3.8, 4) is 5.75 Å². The topological polar surface area (TPSA) is 61.0 Å². The van der Waals surface area contributed by atoms with Crippen LogP contribution in [0.2, 0.25) is 0 Å². The fraction of sp³-hybridized carbons (Fsp3) is 0.286. The molecule has 0 amide bonds. The van der Waals surface area contributed by atoms with Crippen molar-refractivity contribution in [1.82, 2.24) is 10.2 Å². The molecule has 0 aliphatic carbocycles. The van der Waals surface area contributed by atoms with Gasteiger partial charge in [0.15, 0.2) is 11.6 Å². The second-order valence-corrected chi connectivity index (χ2v) is 4.06. The van der Waals surface area contributed by atoms with Gasteiger partial charge in [-0.1, -0.05) is 6.07 Å². The molecule has 1 aromatic carbocycles. The van der Waals surface area contributed by atoms with E-state index in [1.165, 1.54) is 6.07 Å². The fourth-order valence-electron chi connectivity index (χ4n) is 1.93. The first kappa shape index (κ1) is 13.4. The molecule has 2 aromatic rings. The van der Waals surface area contributed by atoms with Gasteiger partial charge in [0.25, 0.3) is 0 Å². The van der Waals surface area contributed by atoms with Crippen LogP contribution in [0.15, 0.2) is 36.5 Å². The monoisotopic (exact) mass is 261 g/mol. The molecule has 1 atom stereocenters. The molecule has 2 N–H and O–H groups in total. The summed E-state index contributed by atoms with van der Waals surface area (Å²) >= 11 is 0. The van der Waals surface area contributed by atoms with Crippen molar-refractivity contribution < 1.29 is 9.13 Å². The van der Waals surface area contributed by atoms with Crippen molar-refractivity contribution in [2.24, 2.45) is 5.73 Å². The van der Waals surface area contributed by atoms with Gasteiger partial charge >= 0.3 is 0 Å². The molecule has 4 nitrogen and oxygen atoms in total. The summed E-state index contributed by atoms with van der Waals surface area (Å²) in [5, 5.41) is 7.86. The van der Waals surface area contributed by atoms with Crippen molar-refractivity contribution in [3.63, 3.8) is 0 Å². The van der Waals surface area contributed by atoms with Crippen LogP contribution in [0.5, 0.6) is 5.75 Å². The third-order valence-corrected chi connectivity index (χ3v) is 2.84. The van der Waals surface area contributed by atoms with Gasteiger partial charge in [0.05, 0.1) is 12.3 Å². The Morgan fingerprint density at radius 1 is 1.37 bits per heavy atom. The van der Waals surface area contributed by atoms with Gasteiger partial charge in [-0.2, -0.15) is 10.2 Å². The van der Waals surface area contributed by atoms with E-state index in [2.05, 4.69) is 10.2 Å². The van der Waals surface area contributed by atoms with Crippen LogP contribution < -0.4 is 10.5 Å². The van der Waals surface area contributed by atoms with E-state index in [9.17, 15) is 4.39 Å². The van der Waals surface area contributed by atoms with E-state index >= 15 is 0 Å². The number of aromatic nitrogens is 2. The Kier molecular flexibility index (Phi) is 4.41. The van der Waals surface area contributed by atoms with Crippen molar-refractivity contribution in [2.45, 2.75) is 12.8 Å². The smallest absolute Gasteiger partial charge is 0.165 e. The summed E-state index contributed by atoms with van der Waals surface area (Å²) in [6.45, 7) is 2.59. The van der Waals surface area contributed by atoms with Gasteiger partial charge < -0.3 is 10.5 Å². The average Bonchev–Trinajstić information content (AvgIpc) is 2.44. The highest BCUT2D eigenvalue weighted by molar-refractivity contribution is 5.35. The number of ether oxygens (including phenoxy) is 1. The highest BCUT2D eigenvalue weighted by Gasteiger charge is 2.16. The lowest BCUT2D eigenvalue weighted by molar-refractivity contribution is 0.321. The quantitative estimate of drug-likeness (QED) is 0.895. The zero-order valence-electron chi connectivity index (χ0n) is 10.7. The Bertz CT molecular complexity index is 533. The number of nitrogens with two attached hydrogens (primary N) is 1. The van der Waals surface area contributed by atoms with Crippen LogP contribution in [0.25, 0.3) is 0 Å². The number of hydrogen-bond donors (Lipinski definition) is 1. The molecule has 1 heterocycles. The third kappa shape index (κ3) is 3.06. The van der Waals surface area contributed by atoms with Crippen molar-refractivity contribution >= 4 is 0 Å². The van der Waals surface area contributed by atoms with E-state index in [-0.39, 0.29) is 17.5 Å². The average molecular weight is 261 g/mol. The molecule has 0 bridgehead atoms. The molecule has 0 fully saturated rings. The molecule has 0 radical (unpaired) electrons. The largest absolute Gasteiger partial charge is 0.491 e. The Hall–Kier alpha value is -2.01. The first-order valence-corrected chi connectivity index (χ1v) is 6.16. The molecule has 0 saturated heterocycles. The number of halogens is 1. The maximum atomic E-state index is 13.8. The summed E-state index contributed by atoms with van der Waals surface area (Å²) in [6, 6.07) is 8.49. The van der Waals surface area contributed by atoms with Gasteiger partial charge in [-0.05, 0) is 36.8 Å². The van der Waals surface area contributed by atoms with Crippen LogP contribution in [0.1, 0.15) is 24.1 Å². The van der Waals surface area contributed by atoms with Crippen molar-refractivity contribution in [3.05, 3.63) is 53.6 Å². The molecule has 5 heteroatoms. The number of rotatable bonds is 5. The SMILES string of the molecule is CCOc1ccc(C(CN)c2cccnn2)cc1F. The van der Waals surface area contributed by atoms with Gasteiger partial charge in [-0.15, -0.1) is 0 Å². The minimum absolute atomic E-state index is 0.168. The Morgan fingerprint density at radius 3 is 2.79 bits per heavy atom. The molecular formula is C14H16FN3O. The van der Waals surface area contributed by atoms with Crippen LogP contribution in [-0.4, -0.2) is 23.3 Å². The Labute approximate surface area is 111 Å². The molecule has 100 valence electrons. The predicted molar refractivity (Wildman–Crippen MR) is 70.5 cm³/mol. The first-order valence-electron chi connectivity index (χ1n) is 6.16. The van der Waals surface area contributed by atoms with Gasteiger partial charge in [-0.25, -0.2) is 4.39 Å². The molecular weight excluding hydrogens is 245 g/mol. The molecule has 2 rings (SSSR count). The minimum Gasteiger partial charge on any atom is -0.491 e. The van der Waals surface area contributed by atoms with E-state index in [1.807, 2.05) is 13.0 Å². The second-order valence-electron chi connectivity index (χ2n) is 4.06. The van der Waals surface area contributed by atoms with E-state index in [4.69, 9.17) is 10.5 Å². The minimum atomic E-state index is -0.387. The maximum absolute atomic E-state index is 13.8. The maximum Gasteiger partial charge on any atom is 0.165 e. The summed E-state index contributed by atoms with van der Waals surface area (Å²) < 4.78 is 19.0. The van der Waals surface area contributed by atoms with Crippen LogP contribution in [0, 0.1) is 5.82 Å². The molecule has 0 spiro atoms. The highest BCUT2D eigenvalue weighted by atomic mass is 19.1. The third-order valence-electron chi connectivity index (χ3n) is 2.84. The van der Waals surface area contributed by atoms with Crippen molar-refractivity contribution in [2.75, 3.05) is 13.2 Å². The van der Waals surface area contributed by atoms with E-state index in [0.29, 0.717) is 13.2 Å². The lowest BCUT2D eigenvalue weighted by Gasteiger charge is -2.15. The van der Waals surface area contributed by atoms with Crippen LogP contribution in [-0.2, 0) is 0 Å². The van der Waals surface area contributed by atoms with Crippen molar-refractivity contribution in [1.29, 1.82) is 0 Å². The van der Waals surface area contributed by atoms with Gasteiger partial charge in [0, 0.05) is 18.7 Å². The number of nitrogens with zero attached hydrogens (tertiary/aromatic N) is 2. The van der Waals surface area contributed by atoms with Gasteiger partial charge in [0.2, 0.25) is 0 Å². The summed E-state index contributed by atoms with van der Waals surface area (Å²) in [7, 11) is 0. The second kappa shape index (κ2) is 6.24. The zero-order valence-corrected chi connectivity index (χ0v) is 10.7. The van der Waals surface area contributed by atoms with Gasteiger partial charge in [0.1, 0.15) is 0 Å². The highest BCUT2D eigenvalue weighted by Crippen LogP contribution is 2.26. The molecule has 1 aromatic heterocycles. The normalized spacial score (nSPS) is 12.2. The molecule has 1 unspecified atom stereocenters. The predicted octanol–water partition coefficient (Wildman–Crippen LogP) is 2.10. The van der Waals surface area contributed by atoms with Crippen LogP contribution in [0.4, 0.5) is 4.39 Å². The van der Waals surface area contributed by atoms with Crippen LogP contribution in [0.3, 0.4) is 0 Å². The summed E-state index contributed by atoms with van der Waals surface area (Å²) in [5.74, 6) is -0.304. The fourth-order valence-corrected chi connectivity index (χ4v) is 1.93. The lowest BCUT2D eigenvalue weighted by Crippen LogP contribution is -2.15. The zero-order chi connectivity index (χ0) is 13.7. The summed E-state index contributed by atoms with van der Waals surface area (Å²) in [6.07, 6.45) is 1.59. The molecule has 0 aliphatic rings. The van der Waals surface area contributed by atoms with E-state index < -0.39 is 0 Å². The molecule has 0 aliphatic heterocycles. The van der Waals surface area contributed by atoms with Gasteiger partial charge in [-0.3, -0.25) is 0 Å². The lowest BCUT2D eigenvalue weighted by atomic mass is 9.95. The number of hydrogen-bond acceptors (Lipinski definition) is 4. The summed E-state index contributed by atoms with van der Waals surface area (Å²) in [5.41, 5.74) is 7.26. The first-order chi connectivity index (χ1) is 9.26. The Morgan fingerprint density at radius 2 is 2.21 bits per heavy atom. The number of benzene rings is 1. The molecule has 19 heavy (non-hydrogen) atoms. The van der Waals surface area contributed by atoms with E-state index in [0.717, 1.165) is 11.3 Å². The standard InChI is InChI=1S/C14H16FN3O/c1-2-19-14-6-5-10(8-12(14)15)11(9-16)13-4-3-7-17-18-13/h3-8,11H,2,9,16H2,1H3. The summed E-state index contributed by atoms with van der Waals surface area (Å²) in [4.78, 5) is 0. The Balaban J connectivity index is 2.32.